The van der Waals surface area contributed by atoms with E-state index in [9.17, 15) is 19.1 Å². The van der Waals surface area contributed by atoms with Crippen LogP contribution in [-0.4, -0.2) is 27.9 Å². The highest BCUT2D eigenvalue weighted by atomic mass is 35.5. The van der Waals surface area contributed by atoms with Crippen LogP contribution in [0.15, 0.2) is 72.8 Å². The highest BCUT2D eigenvalue weighted by molar-refractivity contribution is 6.31. The lowest BCUT2D eigenvalue weighted by Gasteiger charge is -2.29. The normalized spacial score (nSPS) is 18.4. The van der Waals surface area contributed by atoms with Crippen LogP contribution in [0.1, 0.15) is 34.8 Å². The minimum atomic E-state index is -1.04. The van der Waals surface area contributed by atoms with Crippen LogP contribution in [0.4, 0.5) is 4.39 Å². The molecule has 2 atom stereocenters. The summed E-state index contributed by atoms with van der Waals surface area (Å²) < 4.78 is 14.0. The lowest BCUT2D eigenvalue weighted by atomic mass is 10.0. The lowest BCUT2D eigenvalue weighted by molar-refractivity contribution is -0.141. The van der Waals surface area contributed by atoms with E-state index in [4.69, 9.17) is 11.6 Å². The largest absolute Gasteiger partial charge is 0.480 e. The Balaban J connectivity index is 1.68. The Morgan fingerprint density at radius 1 is 0.933 bits per heavy atom. The first kappa shape index (κ1) is 20.1. The quantitative estimate of drug-likeness (QED) is 0.596. The first-order valence-electron chi connectivity index (χ1n) is 9.62. The molecule has 0 aliphatic carbocycles. The van der Waals surface area contributed by atoms with Crippen molar-refractivity contribution in [1.82, 2.24) is 4.90 Å². The maximum atomic E-state index is 14.0. The molecule has 1 aliphatic heterocycles. The number of benzene rings is 3. The van der Waals surface area contributed by atoms with Gasteiger partial charge in [-0.1, -0.05) is 60.1 Å². The average molecular weight is 424 g/mol. The SMILES string of the molecule is O=C(O)[C@@H]1CCC(c2ccccc2Cl)N1C(=O)c1ccc(-c2ccccc2F)cc1. The van der Waals surface area contributed by atoms with Gasteiger partial charge in [0.2, 0.25) is 0 Å². The van der Waals surface area contributed by atoms with Crippen molar-refractivity contribution >= 4 is 23.5 Å². The lowest BCUT2D eigenvalue weighted by Crippen LogP contribution is -2.41. The van der Waals surface area contributed by atoms with Gasteiger partial charge in [0.05, 0.1) is 6.04 Å². The van der Waals surface area contributed by atoms with Crippen LogP contribution >= 0.6 is 11.6 Å². The number of likely N-dealkylation sites (tertiary alicyclic amines) is 1. The molecular formula is C24H19ClFNO3. The summed E-state index contributed by atoms with van der Waals surface area (Å²) in [6.07, 6.45) is 0.865. The molecule has 6 heteroatoms. The van der Waals surface area contributed by atoms with Crippen molar-refractivity contribution in [2.75, 3.05) is 0 Å². The van der Waals surface area contributed by atoms with E-state index < -0.39 is 18.1 Å². The molecule has 1 unspecified atom stereocenters. The Morgan fingerprint density at radius 3 is 2.27 bits per heavy atom. The Hall–Kier alpha value is -3.18. The molecule has 30 heavy (non-hydrogen) atoms. The van der Waals surface area contributed by atoms with Crippen LogP contribution in [0.25, 0.3) is 11.1 Å². The van der Waals surface area contributed by atoms with E-state index >= 15 is 0 Å². The van der Waals surface area contributed by atoms with E-state index in [1.165, 1.54) is 11.0 Å². The van der Waals surface area contributed by atoms with E-state index in [0.29, 0.717) is 34.6 Å². The molecule has 0 saturated carbocycles. The minimum Gasteiger partial charge on any atom is -0.480 e. The Bertz CT molecular complexity index is 1100. The van der Waals surface area contributed by atoms with Gasteiger partial charge in [-0.25, -0.2) is 9.18 Å². The number of carboxylic acids is 1. The van der Waals surface area contributed by atoms with Crippen molar-refractivity contribution in [1.29, 1.82) is 0 Å². The number of amides is 1. The van der Waals surface area contributed by atoms with Gasteiger partial charge in [-0.2, -0.15) is 0 Å². The number of hydrogen-bond donors (Lipinski definition) is 1. The van der Waals surface area contributed by atoms with Gasteiger partial charge in [0.1, 0.15) is 11.9 Å². The third-order valence-corrected chi connectivity index (χ3v) is 5.83. The van der Waals surface area contributed by atoms with Crippen LogP contribution in [0.3, 0.4) is 0 Å². The maximum absolute atomic E-state index is 14.0. The third-order valence-electron chi connectivity index (χ3n) is 5.49. The Morgan fingerprint density at radius 2 is 1.60 bits per heavy atom. The summed E-state index contributed by atoms with van der Waals surface area (Å²) >= 11 is 6.33. The van der Waals surface area contributed by atoms with Crippen molar-refractivity contribution in [2.24, 2.45) is 0 Å². The van der Waals surface area contributed by atoms with Crippen LogP contribution in [0.5, 0.6) is 0 Å². The first-order chi connectivity index (χ1) is 14.5. The molecule has 0 bridgehead atoms. The first-order valence-corrected chi connectivity index (χ1v) is 10.00. The number of nitrogens with zero attached hydrogens (tertiary/aromatic N) is 1. The summed E-state index contributed by atoms with van der Waals surface area (Å²) in [6, 6.07) is 18.8. The smallest absolute Gasteiger partial charge is 0.326 e. The van der Waals surface area contributed by atoms with Crippen molar-refractivity contribution < 1.29 is 19.1 Å². The van der Waals surface area contributed by atoms with Crippen LogP contribution in [0.2, 0.25) is 5.02 Å². The number of hydrogen-bond acceptors (Lipinski definition) is 2. The summed E-state index contributed by atoms with van der Waals surface area (Å²) in [5.74, 6) is -1.77. The zero-order chi connectivity index (χ0) is 21.3. The number of carboxylic acid groups (broad SMARTS) is 1. The third kappa shape index (κ3) is 3.68. The summed E-state index contributed by atoms with van der Waals surface area (Å²) in [7, 11) is 0. The molecule has 0 radical (unpaired) electrons. The second-order valence-corrected chi connectivity index (χ2v) is 7.65. The molecule has 1 aliphatic rings. The predicted molar refractivity (Wildman–Crippen MR) is 113 cm³/mol. The number of rotatable bonds is 4. The standard InChI is InChI=1S/C24H19ClFNO3/c25-19-7-3-1-6-18(19)21-13-14-22(24(29)30)27(21)23(28)16-11-9-15(10-12-16)17-5-2-4-8-20(17)26/h1-12,21-22H,13-14H2,(H,29,30)/t21?,22-/m0/s1. The fraction of sp³-hybridized carbons (Fsp3) is 0.167. The summed E-state index contributed by atoms with van der Waals surface area (Å²) in [5, 5.41) is 10.2. The second kappa shape index (κ2) is 8.28. The van der Waals surface area contributed by atoms with Gasteiger partial charge < -0.3 is 10.0 Å². The highest BCUT2D eigenvalue weighted by Gasteiger charge is 2.42. The Labute approximate surface area is 178 Å². The fourth-order valence-electron chi connectivity index (χ4n) is 4.02. The maximum Gasteiger partial charge on any atom is 0.326 e. The van der Waals surface area contributed by atoms with Gasteiger partial charge in [0, 0.05) is 16.1 Å². The van der Waals surface area contributed by atoms with E-state index in [0.717, 1.165) is 5.56 Å². The fourth-order valence-corrected chi connectivity index (χ4v) is 4.29. The van der Waals surface area contributed by atoms with Crippen LogP contribution < -0.4 is 0 Å². The second-order valence-electron chi connectivity index (χ2n) is 7.24. The van der Waals surface area contributed by atoms with Crippen molar-refractivity contribution in [3.05, 3.63) is 94.8 Å². The van der Waals surface area contributed by atoms with E-state index in [2.05, 4.69) is 0 Å². The summed E-state index contributed by atoms with van der Waals surface area (Å²) in [5.41, 5.74) is 2.16. The van der Waals surface area contributed by atoms with Gasteiger partial charge in [-0.3, -0.25) is 4.79 Å². The monoisotopic (exact) mass is 423 g/mol. The van der Waals surface area contributed by atoms with E-state index in [1.807, 2.05) is 12.1 Å². The molecule has 0 aromatic heterocycles. The van der Waals surface area contributed by atoms with Crippen molar-refractivity contribution in [3.63, 3.8) is 0 Å². The van der Waals surface area contributed by atoms with Crippen molar-refractivity contribution in [3.8, 4) is 11.1 Å². The molecule has 4 rings (SSSR count). The molecule has 1 N–H and O–H groups in total. The van der Waals surface area contributed by atoms with Gasteiger partial charge in [-0.15, -0.1) is 0 Å². The zero-order valence-electron chi connectivity index (χ0n) is 16.0. The molecule has 3 aromatic carbocycles. The van der Waals surface area contributed by atoms with Gasteiger partial charge in [0.25, 0.3) is 5.91 Å². The molecule has 0 spiro atoms. The van der Waals surface area contributed by atoms with Gasteiger partial charge in [0.15, 0.2) is 0 Å². The number of carbonyl (C=O) groups excluding carboxylic acids is 1. The molecular weight excluding hydrogens is 405 g/mol. The summed E-state index contributed by atoms with van der Waals surface area (Å²) in [4.78, 5) is 26.5. The minimum absolute atomic E-state index is 0.346. The molecule has 1 heterocycles. The molecule has 152 valence electrons. The Kier molecular flexibility index (Phi) is 5.55. The molecule has 4 nitrogen and oxygen atoms in total. The van der Waals surface area contributed by atoms with Crippen LogP contribution in [-0.2, 0) is 4.79 Å². The number of aliphatic carboxylic acids is 1. The van der Waals surface area contributed by atoms with Gasteiger partial charge >= 0.3 is 5.97 Å². The molecule has 1 fully saturated rings. The van der Waals surface area contributed by atoms with Crippen molar-refractivity contribution in [2.45, 2.75) is 24.9 Å². The highest BCUT2D eigenvalue weighted by Crippen LogP contribution is 2.40. The zero-order valence-corrected chi connectivity index (χ0v) is 16.7. The molecule has 3 aromatic rings. The summed E-state index contributed by atoms with van der Waals surface area (Å²) in [6.45, 7) is 0. The molecule has 1 saturated heterocycles. The van der Waals surface area contributed by atoms with E-state index in [-0.39, 0.29) is 11.7 Å². The number of carbonyl (C=O) groups is 2. The molecule has 1 amide bonds. The topological polar surface area (TPSA) is 57.6 Å². The van der Waals surface area contributed by atoms with Crippen LogP contribution in [0, 0.1) is 5.82 Å². The number of halogens is 2. The van der Waals surface area contributed by atoms with Gasteiger partial charge in [-0.05, 0) is 48.2 Å². The predicted octanol–water partition coefficient (Wildman–Crippen LogP) is 5.58. The average Bonchev–Trinajstić information content (AvgIpc) is 3.19. The van der Waals surface area contributed by atoms with E-state index in [1.54, 1.807) is 54.6 Å².